The summed E-state index contributed by atoms with van der Waals surface area (Å²) in [5.41, 5.74) is 3.80. The molecule has 0 aliphatic carbocycles. The van der Waals surface area contributed by atoms with E-state index in [1.54, 1.807) is 7.11 Å². The summed E-state index contributed by atoms with van der Waals surface area (Å²) in [7, 11) is 1.68. The molecule has 0 radical (unpaired) electrons. The summed E-state index contributed by atoms with van der Waals surface area (Å²) in [5.74, 6) is 1.33. The number of methoxy groups -OCH3 is 1. The van der Waals surface area contributed by atoms with Crippen molar-refractivity contribution in [1.82, 2.24) is 15.1 Å². The highest BCUT2D eigenvalue weighted by molar-refractivity contribution is 5.93. The fourth-order valence-electron chi connectivity index (χ4n) is 3.53. The van der Waals surface area contributed by atoms with Crippen molar-refractivity contribution in [3.63, 3.8) is 0 Å². The highest BCUT2D eigenvalue weighted by Crippen LogP contribution is 2.32. The zero-order valence-electron chi connectivity index (χ0n) is 15.3. The molecule has 25 heavy (non-hydrogen) atoms. The van der Waals surface area contributed by atoms with Crippen molar-refractivity contribution in [3.8, 4) is 5.75 Å². The van der Waals surface area contributed by atoms with E-state index < -0.39 is 0 Å². The van der Waals surface area contributed by atoms with E-state index in [1.165, 1.54) is 5.56 Å². The van der Waals surface area contributed by atoms with Crippen LogP contribution in [0.5, 0.6) is 5.75 Å². The highest BCUT2D eigenvalue weighted by atomic mass is 16.5. The Balaban J connectivity index is 1.60. The fourth-order valence-corrected chi connectivity index (χ4v) is 3.53. The summed E-state index contributed by atoms with van der Waals surface area (Å²) >= 11 is 0. The number of amides is 1. The SMILES string of the molecule is COc1ccc(C2CC(C)N(CC(=O)Nc3c(C)n[nH]c3C)C2)cc1. The molecule has 3 rings (SSSR count). The lowest BCUT2D eigenvalue weighted by Crippen LogP contribution is -2.35. The first-order chi connectivity index (χ1) is 12.0. The third-order valence-electron chi connectivity index (χ3n) is 5.03. The Morgan fingerprint density at radius 2 is 2.08 bits per heavy atom. The minimum Gasteiger partial charge on any atom is -0.497 e. The maximum atomic E-state index is 12.4. The van der Waals surface area contributed by atoms with Crippen LogP contribution >= 0.6 is 0 Å². The predicted octanol–water partition coefficient (Wildman–Crippen LogP) is 2.85. The van der Waals surface area contributed by atoms with Crippen LogP contribution in [0, 0.1) is 13.8 Å². The van der Waals surface area contributed by atoms with Gasteiger partial charge in [-0.05, 0) is 50.8 Å². The Kier molecular flexibility index (Phi) is 5.08. The predicted molar refractivity (Wildman–Crippen MR) is 98.1 cm³/mol. The Bertz CT molecular complexity index is 719. The molecule has 0 bridgehead atoms. The largest absolute Gasteiger partial charge is 0.497 e. The lowest BCUT2D eigenvalue weighted by molar-refractivity contribution is -0.117. The van der Waals surface area contributed by atoms with E-state index in [4.69, 9.17) is 4.74 Å². The molecule has 1 aliphatic heterocycles. The average molecular weight is 342 g/mol. The molecule has 1 aliphatic rings. The maximum Gasteiger partial charge on any atom is 0.238 e. The maximum absolute atomic E-state index is 12.4. The van der Waals surface area contributed by atoms with Crippen molar-refractivity contribution in [1.29, 1.82) is 0 Å². The Morgan fingerprint density at radius 3 is 2.68 bits per heavy atom. The summed E-state index contributed by atoms with van der Waals surface area (Å²) in [6, 6.07) is 8.62. The molecule has 2 atom stereocenters. The van der Waals surface area contributed by atoms with Gasteiger partial charge in [0.05, 0.1) is 30.7 Å². The number of aromatic amines is 1. The van der Waals surface area contributed by atoms with Crippen molar-refractivity contribution in [2.24, 2.45) is 0 Å². The van der Waals surface area contributed by atoms with Gasteiger partial charge in [0, 0.05) is 12.6 Å². The van der Waals surface area contributed by atoms with Crippen LogP contribution in [0.15, 0.2) is 24.3 Å². The molecule has 0 spiro atoms. The molecule has 1 aromatic carbocycles. The molecule has 1 amide bonds. The van der Waals surface area contributed by atoms with Crippen molar-refractivity contribution in [3.05, 3.63) is 41.2 Å². The zero-order valence-corrected chi connectivity index (χ0v) is 15.3. The summed E-state index contributed by atoms with van der Waals surface area (Å²) < 4.78 is 5.22. The third kappa shape index (κ3) is 3.85. The van der Waals surface area contributed by atoms with Crippen LogP contribution in [0.4, 0.5) is 5.69 Å². The Morgan fingerprint density at radius 1 is 1.36 bits per heavy atom. The molecule has 1 saturated heterocycles. The van der Waals surface area contributed by atoms with Crippen LogP contribution in [0.1, 0.15) is 36.2 Å². The van der Waals surface area contributed by atoms with Gasteiger partial charge >= 0.3 is 0 Å². The number of likely N-dealkylation sites (tertiary alicyclic amines) is 1. The van der Waals surface area contributed by atoms with Gasteiger partial charge in [-0.1, -0.05) is 12.1 Å². The first kappa shape index (κ1) is 17.5. The van der Waals surface area contributed by atoms with E-state index in [-0.39, 0.29) is 5.91 Å². The van der Waals surface area contributed by atoms with Crippen molar-refractivity contribution >= 4 is 11.6 Å². The Labute approximate surface area is 148 Å². The minimum atomic E-state index is 0.00910. The van der Waals surface area contributed by atoms with Gasteiger partial charge in [-0.15, -0.1) is 0 Å². The molecular formula is C19H26N4O2. The molecular weight excluding hydrogens is 316 g/mol. The van der Waals surface area contributed by atoms with E-state index in [9.17, 15) is 4.79 Å². The molecule has 0 saturated carbocycles. The molecule has 1 aromatic heterocycles. The van der Waals surface area contributed by atoms with Crippen LogP contribution in [0.25, 0.3) is 0 Å². The molecule has 6 heteroatoms. The Hall–Kier alpha value is -2.34. The topological polar surface area (TPSA) is 70.2 Å². The summed E-state index contributed by atoms with van der Waals surface area (Å²) in [6.07, 6.45) is 1.06. The van der Waals surface area contributed by atoms with Gasteiger partial charge in [0.15, 0.2) is 0 Å². The molecule has 1 fully saturated rings. The van der Waals surface area contributed by atoms with Crippen molar-refractivity contribution < 1.29 is 9.53 Å². The molecule has 6 nitrogen and oxygen atoms in total. The van der Waals surface area contributed by atoms with Gasteiger partial charge in [-0.25, -0.2) is 0 Å². The highest BCUT2D eigenvalue weighted by Gasteiger charge is 2.31. The van der Waals surface area contributed by atoms with Crippen LogP contribution < -0.4 is 10.1 Å². The lowest BCUT2D eigenvalue weighted by Gasteiger charge is -2.20. The smallest absolute Gasteiger partial charge is 0.238 e. The van der Waals surface area contributed by atoms with Gasteiger partial charge in [-0.2, -0.15) is 5.10 Å². The first-order valence-electron chi connectivity index (χ1n) is 8.67. The fraction of sp³-hybridized carbons (Fsp3) is 0.474. The number of H-pyrrole nitrogens is 1. The molecule has 2 N–H and O–H groups in total. The molecule has 2 heterocycles. The van der Waals surface area contributed by atoms with E-state index >= 15 is 0 Å². The second-order valence-electron chi connectivity index (χ2n) is 6.84. The number of anilines is 1. The number of hydrogen-bond donors (Lipinski definition) is 2. The zero-order chi connectivity index (χ0) is 18.0. The quantitative estimate of drug-likeness (QED) is 0.876. The number of aromatic nitrogens is 2. The minimum absolute atomic E-state index is 0.00910. The monoisotopic (exact) mass is 342 g/mol. The summed E-state index contributed by atoms with van der Waals surface area (Å²) in [5, 5.41) is 10.00. The second kappa shape index (κ2) is 7.27. The van der Waals surface area contributed by atoms with Gasteiger partial charge < -0.3 is 10.1 Å². The van der Waals surface area contributed by atoms with E-state index in [2.05, 4.69) is 39.5 Å². The molecule has 2 unspecified atom stereocenters. The van der Waals surface area contributed by atoms with E-state index in [0.717, 1.165) is 35.8 Å². The lowest BCUT2D eigenvalue weighted by atomic mass is 9.97. The van der Waals surface area contributed by atoms with Crippen LogP contribution in [-0.2, 0) is 4.79 Å². The number of aryl methyl sites for hydroxylation is 2. The normalized spacial score (nSPS) is 20.6. The van der Waals surface area contributed by atoms with Gasteiger partial charge in [0.2, 0.25) is 5.91 Å². The first-order valence-corrected chi connectivity index (χ1v) is 8.67. The van der Waals surface area contributed by atoms with E-state index in [0.29, 0.717) is 18.5 Å². The number of benzene rings is 1. The van der Waals surface area contributed by atoms with E-state index in [1.807, 2.05) is 26.0 Å². The summed E-state index contributed by atoms with van der Waals surface area (Å²) in [4.78, 5) is 14.7. The molecule has 134 valence electrons. The summed E-state index contributed by atoms with van der Waals surface area (Å²) in [6.45, 7) is 7.28. The second-order valence-corrected chi connectivity index (χ2v) is 6.84. The molecule has 2 aromatic rings. The average Bonchev–Trinajstić information content (AvgIpc) is 3.12. The number of carbonyl (C=O) groups excluding carboxylic acids is 1. The van der Waals surface area contributed by atoms with Gasteiger partial charge in [-0.3, -0.25) is 14.8 Å². The number of hydrogen-bond acceptors (Lipinski definition) is 4. The van der Waals surface area contributed by atoms with Gasteiger partial charge in [0.25, 0.3) is 0 Å². The number of nitrogens with one attached hydrogen (secondary N) is 2. The van der Waals surface area contributed by atoms with Crippen molar-refractivity contribution in [2.45, 2.75) is 39.2 Å². The third-order valence-corrected chi connectivity index (χ3v) is 5.03. The van der Waals surface area contributed by atoms with Crippen LogP contribution in [-0.4, -0.2) is 47.2 Å². The van der Waals surface area contributed by atoms with Crippen LogP contribution in [0.3, 0.4) is 0 Å². The van der Waals surface area contributed by atoms with Gasteiger partial charge in [0.1, 0.15) is 5.75 Å². The number of rotatable bonds is 5. The number of carbonyl (C=O) groups is 1. The van der Waals surface area contributed by atoms with Crippen molar-refractivity contribution in [2.75, 3.05) is 25.5 Å². The van der Waals surface area contributed by atoms with Crippen LogP contribution in [0.2, 0.25) is 0 Å². The number of nitrogens with zero attached hydrogens (tertiary/aromatic N) is 2. The standard InChI is InChI=1S/C19H26N4O2/c1-12-9-16(15-5-7-17(25-4)8-6-15)10-23(12)11-18(24)20-19-13(2)21-22-14(19)3/h5-8,12,16H,9-11H2,1-4H3,(H,20,24)(H,21,22). The number of ether oxygens (including phenoxy) is 1.